The van der Waals surface area contributed by atoms with Crippen LogP contribution in [-0.4, -0.2) is 53.8 Å². The van der Waals surface area contributed by atoms with Crippen molar-refractivity contribution in [2.75, 3.05) is 37.6 Å². The van der Waals surface area contributed by atoms with Crippen LogP contribution >= 0.6 is 22.9 Å². The van der Waals surface area contributed by atoms with Gasteiger partial charge < -0.3 is 10.0 Å². The Morgan fingerprint density at radius 2 is 2.10 bits per heavy atom. The average molecular weight is 312 g/mol. The lowest BCUT2D eigenvalue weighted by Gasteiger charge is -2.35. The predicted molar refractivity (Wildman–Crippen MR) is 85.0 cm³/mol. The molecule has 0 bridgehead atoms. The summed E-state index contributed by atoms with van der Waals surface area (Å²) in [7, 11) is 0. The fraction of sp³-hybridized carbons (Fsp3) is 0.500. The molecule has 2 heterocycles. The molecule has 108 valence electrons. The van der Waals surface area contributed by atoms with Gasteiger partial charge in [0, 0.05) is 37.7 Å². The number of hydrogen-bond donors (Lipinski definition) is 1. The Labute approximate surface area is 127 Å². The fourth-order valence-electron chi connectivity index (χ4n) is 2.52. The molecule has 1 N–H and O–H groups in total. The number of aliphatic hydroxyl groups is 1. The van der Waals surface area contributed by atoms with Crippen molar-refractivity contribution in [1.82, 2.24) is 9.88 Å². The van der Waals surface area contributed by atoms with Gasteiger partial charge in [0.05, 0.1) is 16.3 Å². The molecule has 1 atom stereocenters. The second-order valence-corrected chi connectivity index (χ2v) is 6.69. The van der Waals surface area contributed by atoms with Gasteiger partial charge in [0.1, 0.15) is 0 Å². The molecule has 4 nitrogen and oxygen atoms in total. The molecule has 1 unspecified atom stereocenters. The van der Waals surface area contributed by atoms with E-state index in [4.69, 9.17) is 11.6 Å². The van der Waals surface area contributed by atoms with Crippen molar-refractivity contribution >= 4 is 38.3 Å². The van der Waals surface area contributed by atoms with Gasteiger partial charge in [-0.15, -0.1) is 0 Å². The molecule has 1 aliphatic heterocycles. The monoisotopic (exact) mass is 311 g/mol. The minimum absolute atomic E-state index is 0.258. The van der Waals surface area contributed by atoms with Gasteiger partial charge in [-0.3, -0.25) is 4.90 Å². The molecule has 20 heavy (non-hydrogen) atoms. The minimum Gasteiger partial charge on any atom is -0.392 e. The Morgan fingerprint density at radius 1 is 1.35 bits per heavy atom. The first-order chi connectivity index (χ1) is 9.61. The van der Waals surface area contributed by atoms with Gasteiger partial charge in [0.2, 0.25) is 0 Å². The summed E-state index contributed by atoms with van der Waals surface area (Å²) >= 11 is 7.71. The van der Waals surface area contributed by atoms with Crippen LogP contribution in [0.1, 0.15) is 6.92 Å². The van der Waals surface area contributed by atoms with E-state index in [0.717, 1.165) is 53.1 Å². The van der Waals surface area contributed by atoms with E-state index in [1.165, 1.54) is 0 Å². The molecule has 0 spiro atoms. The van der Waals surface area contributed by atoms with Gasteiger partial charge in [-0.05, 0) is 25.1 Å². The summed E-state index contributed by atoms with van der Waals surface area (Å²) in [5.41, 5.74) is 1.01. The van der Waals surface area contributed by atoms with E-state index >= 15 is 0 Å². The third-order valence-electron chi connectivity index (χ3n) is 3.50. The lowest BCUT2D eigenvalue weighted by atomic mass is 10.3. The number of anilines is 1. The van der Waals surface area contributed by atoms with Crippen LogP contribution in [0.4, 0.5) is 5.13 Å². The third-order valence-corrected chi connectivity index (χ3v) is 4.82. The predicted octanol–water partition coefficient (Wildman–Crippen LogP) is 2.45. The smallest absolute Gasteiger partial charge is 0.186 e. The standard InChI is InChI=1S/C14H18ClN3OS/c1-10(19)9-17-4-6-18(7-5-17)14-16-12-3-2-11(15)8-13(12)20-14/h2-3,8,10,19H,4-7,9H2,1H3. The number of β-amino-alcohol motifs (C(OH)–C–C–N with tert-alkyl or cyclic N) is 1. The van der Waals surface area contributed by atoms with Gasteiger partial charge >= 0.3 is 0 Å². The number of aromatic nitrogens is 1. The first kappa shape index (κ1) is 14.1. The molecule has 0 aliphatic carbocycles. The van der Waals surface area contributed by atoms with Gasteiger partial charge in [-0.2, -0.15) is 0 Å². The van der Waals surface area contributed by atoms with E-state index < -0.39 is 0 Å². The summed E-state index contributed by atoms with van der Waals surface area (Å²) in [5, 5.41) is 11.3. The van der Waals surface area contributed by atoms with Crippen LogP contribution in [0.25, 0.3) is 10.2 Å². The molecule has 6 heteroatoms. The fourth-order valence-corrected chi connectivity index (χ4v) is 3.81. The van der Waals surface area contributed by atoms with Crippen LogP contribution in [0.3, 0.4) is 0 Å². The molecule has 0 saturated carbocycles. The molecule has 0 amide bonds. The highest BCUT2D eigenvalue weighted by atomic mass is 35.5. The Kier molecular flexibility index (Phi) is 4.12. The molecule has 1 fully saturated rings. The normalized spacial score (nSPS) is 18.6. The van der Waals surface area contributed by atoms with Crippen LogP contribution in [0.5, 0.6) is 0 Å². The number of thiazole rings is 1. The highest BCUT2D eigenvalue weighted by molar-refractivity contribution is 7.22. The van der Waals surface area contributed by atoms with E-state index in [9.17, 15) is 5.11 Å². The van der Waals surface area contributed by atoms with E-state index in [0.29, 0.717) is 0 Å². The Morgan fingerprint density at radius 3 is 2.80 bits per heavy atom. The number of fused-ring (bicyclic) bond motifs is 1. The van der Waals surface area contributed by atoms with Crippen molar-refractivity contribution in [3.8, 4) is 0 Å². The zero-order valence-electron chi connectivity index (χ0n) is 11.4. The molecule has 1 saturated heterocycles. The summed E-state index contributed by atoms with van der Waals surface area (Å²) in [5.74, 6) is 0. The summed E-state index contributed by atoms with van der Waals surface area (Å²) in [6.45, 7) is 6.46. The SMILES string of the molecule is CC(O)CN1CCN(c2nc3ccc(Cl)cc3s2)CC1. The summed E-state index contributed by atoms with van der Waals surface area (Å²) in [4.78, 5) is 9.29. The van der Waals surface area contributed by atoms with Crippen molar-refractivity contribution < 1.29 is 5.11 Å². The van der Waals surface area contributed by atoms with E-state index in [1.54, 1.807) is 11.3 Å². The molecule has 3 rings (SSSR count). The van der Waals surface area contributed by atoms with Crippen molar-refractivity contribution in [3.05, 3.63) is 23.2 Å². The second kappa shape index (κ2) is 5.85. The average Bonchev–Trinajstić information content (AvgIpc) is 2.81. The molecule has 1 aliphatic rings. The lowest BCUT2D eigenvalue weighted by molar-refractivity contribution is 0.123. The largest absolute Gasteiger partial charge is 0.392 e. The van der Waals surface area contributed by atoms with E-state index in [2.05, 4.69) is 14.8 Å². The summed E-state index contributed by atoms with van der Waals surface area (Å²) in [6.07, 6.45) is -0.258. The Bertz CT molecular complexity index is 593. The number of hydrogen-bond acceptors (Lipinski definition) is 5. The first-order valence-corrected chi connectivity index (χ1v) is 8.03. The van der Waals surface area contributed by atoms with Crippen molar-refractivity contribution in [1.29, 1.82) is 0 Å². The van der Waals surface area contributed by atoms with E-state index in [-0.39, 0.29) is 6.10 Å². The van der Waals surface area contributed by atoms with Crippen LogP contribution < -0.4 is 4.90 Å². The summed E-state index contributed by atoms with van der Waals surface area (Å²) in [6, 6.07) is 5.83. The maximum absolute atomic E-state index is 9.43. The quantitative estimate of drug-likeness (QED) is 0.945. The van der Waals surface area contributed by atoms with Gasteiger partial charge in [-0.1, -0.05) is 22.9 Å². The third kappa shape index (κ3) is 3.06. The Hall–Kier alpha value is -0.880. The van der Waals surface area contributed by atoms with E-state index in [1.807, 2.05) is 25.1 Å². The van der Waals surface area contributed by atoms with Gasteiger partial charge in [-0.25, -0.2) is 4.98 Å². The number of rotatable bonds is 3. The number of nitrogens with zero attached hydrogens (tertiary/aromatic N) is 3. The number of halogens is 1. The van der Waals surface area contributed by atoms with Gasteiger partial charge in [0.15, 0.2) is 5.13 Å². The van der Waals surface area contributed by atoms with Crippen molar-refractivity contribution in [2.24, 2.45) is 0 Å². The lowest BCUT2D eigenvalue weighted by Crippen LogP contribution is -2.48. The molecule has 1 aromatic heterocycles. The first-order valence-electron chi connectivity index (χ1n) is 6.83. The highest BCUT2D eigenvalue weighted by Crippen LogP contribution is 2.31. The number of piperazine rings is 1. The van der Waals surface area contributed by atoms with Crippen LogP contribution in [-0.2, 0) is 0 Å². The Balaban J connectivity index is 1.70. The maximum Gasteiger partial charge on any atom is 0.186 e. The zero-order chi connectivity index (χ0) is 14.1. The van der Waals surface area contributed by atoms with Crippen LogP contribution in [0.15, 0.2) is 18.2 Å². The topological polar surface area (TPSA) is 39.6 Å². The van der Waals surface area contributed by atoms with Crippen LogP contribution in [0, 0.1) is 0 Å². The van der Waals surface area contributed by atoms with Crippen molar-refractivity contribution in [2.45, 2.75) is 13.0 Å². The van der Waals surface area contributed by atoms with Gasteiger partial charge in [0.25, 0.3) is 0 Å². The molecule has 2 aromatic rings. The second-order valence-electron chi connectivity index (χ2n) is 5.25. The zero-order valence-corrected chi connectivity index (χ0v) is 13.0. The summed E-state index contributed by atoms with van der Waals surface area (Å²) < 4.78 is 1.14. The molecule has 0 radical (unpaired) electrons. The maximum atomic E-state index is 9.43. The number of benzene rings is 1. The number of aliphatic hydroxyl groups excluding tert-OH is 1. The minimum atomic E-state index is -0.258. The molecule has 1 aromatic carbocycles. The highest BCUT2D eigenvalue weighted by Gasteiger charge is 2.20. The molecular weight excluding hydrogens is 294 g/mol. The molecular formula is C14H18ClN3OS. The van der Waals surface area contributed by atoms with Crippen LogP contribution in [0.2, 0.25) is 5.02 Å². The van der Waals surface area contributed by atoms with Crippen molar-refractivity contribution in [3.63, 3.8) is 0 Å².